The first-order valence-electron chi connectivity index (χ1n) is 11.2. The molecule has 2 aliphatic rings. The van der Waals surface area contributed by atoms with Crippen molar-refractivity contribution >= 4 is 34.6 Å². The second kappa shape index (κ2) is 8.83. The number of hydrogen-bond donors (Lipinski definition) is 0. The summed E-state index contributed by atoms with van der Waals surface area (Å²) in [6.07, 6.45) is 6.50. The average Bonchev–Trinajstić information content (AvgIpc) is 3.49. The summed E-state index contributed by atoms with van der Waals surface area (Å²) >= 11 is 1.50. The molecule has 1 aliphatic carbocycles. The molecule has 0 N–H and O–H groups in total. The molecule has 1 aromatic heterocycles. The van der Waals surface area contributed by atoms with Gasteiger partial charge in [-0.1, -0.05) is 49.2 Å². The molecule has 0 spiro atoms. The fraction of sp³-hybridized carbons (Fsp3) is 0.259. The Labute approximate surface area is 193 Å². The molecule has 1 aliphatic heterocycles. The second-order valence-corrected chi connectivity index (χ2v) is 9.46. The van der Waals surface area contributed by atoms with Crippen LogP contribution >= 0.6 is 11.8 Å². The van der Waals surface area contributed by atoms with Gasteiger partial charge < -0.3 is 4.57 Å². The van der Waals surface area contributed by atoms with E-state index in [1.165, 1.54) is 24.6 Å². The third-order valence-electron chi connectivity index (χ3n) is 6.28. The molecule has 4 nitrogen and oxygen atoms in total. The van der Waals surface area contributed by atoms with Gasteiger partial charge in [-0.2, -0.15) is 0 Å². The van der Waals surface area contributed by atoms with E-state index in [0.29, 0.717) is 0 Å². The lowest BCUT2D eigenvalue weighted by Gasteiger charge is -2.22. The van der Waals surface area contributed by atoms with Crippen molar-refractivity contribution in [2.75, 3.05) is 0 Å². The van der Waals surface area contributed by atoms with Crippen molar-refractivity contribution in [1.29, 1.82) is 0 Å². The molecule has 2 aromatic carbocycles. The maximum atomic E-state index is 13.5. The maximum Gasteiger partial charge on any atom is 0.267 e. The molecule has 1 saturated carbocycles. The van der Waals surface area contributed by atoms with Crippen LogP contribution < -0.4 is 0 Å². The minimum absolute atomic E-state index is 0.0843. The van der Waals surface area contributed by atoms with Gasteiger partial charge in [-0.25, -0.2) is 4.99 Å². The highest BCUT2D eigenvalue weighted by atomic mass is 32.2. The standard InChI is InChI=1S/C27H27N3OS/c1-19-17-21(20(2)29(19)23-13-7-4-8-14-23)18-25-26(31)30(24-15-9-10-16-24)27(32-25)28-22-11-5-3-6-12-22/h3-8,11-14,17-18,24H,9-10,15-16H2,1-2H3/b25-18-,28-27?. The fourth-order valence-corrected chi connectivity index (χ4v) is 5.76. The molecule has 5 rings (SSSR count). The number of hydrogen-bond acceptors (Lipinski definition) is 3. The zero-order valence-corrected chi connectivity index (χ0v) is 19.3. The highest BCUT2D eigenvalue weighted by molar-refractivity contribution is 8.18. The Balaban J connectivity index is 1.53. The van der Waals surface area contributed by atoms with Gasteiger partial charge in [0.2, 0.25) is 0 Å². The zero-order chi connectivity index (χ0) is 22.1. The number of amides is 1. The van der Waals surface area contributed by atoms with Gasteiger partial charge in [0.25, 0.3) is 5.91 Å². The number of benzene rings is 2. The Morgan fingerprint density at radius 3 is 2.31 bits per heavy atom. The first-order chi connectivity index (χ1) is 15.6. The number of para-hydroxylation sites is 2. The summed E-state index contributed by atoms with van der Waals surface area (Å²) in [5.74, 6) is 0.0843. The predicted molar refractivity (Wildman–Crippen MR) is 133 cm³/mol. The van der Waals surface area contributed by atoms with Crippen molar-refractivity contribution in [3.63, 3.8) is 0 Å². The maximum absolute atomic E-state index is 13.5. The average molecular weight is 442 g/mol. The van der Waals surface area contributed by atoms with E-state index in [9.17, 15) is 4.79 Å². The Bertz CT molecular complexity index is 1190. The largest absolute Gasteiger partial charge is 0.318 e. The van der Waals surface area contributed by atoms with Gasteiger partial charge in [0.05, 0.1) is 10.6 Å². The van der Waals surface area contributed by atoms with Crippen molar-refractivity contribution in [2.24, 2.45) is 4.99 Å². The lowest BCUT2D eigenvalue weighted by atomic mass is 10.2. The van der Waals surface area contributed by atoms with Gasteiger partial charge in [-0.3, -0.25) is 9.69 Å². The summed E-state index contributed by atoms with van der Waals surface area (Å²) in [5.41, 5.74) is 5.39. The van der Waals surface area contributed by atoms with Gasteiger partial charge in [0.1, 0.15) is 0 Å². The first-order valence-corrected chi connectivity index (χ1v) is 12.0. The number of aryl methyl sites for hydroxylation is 1. The predicted octanol–water partition coefficient (Wildman–Crippen LogP) is 6.64. The third-order valence-corrected chi connectivity index (χ3v) is 7.26. The van der Waals surface area contributed by atoms with E-state index in [1.54, 1.807) is 0 Å². The van der Waals surface area contributed by atoms with E-state index in [2.05, 4.69) is 48.7 Å². The third kappa shape index (κ3) is 3.93. The normalized spacial score (nSPS) is 19.6. The molecule has 1 amide bonds. The highest BCUT2D eigenvalue weighted by Crippen LogP contribution is 2.39. The number of amidine groups is 1. The molecular formula is C27H27N3OS. The van der Waals surface area contributed by atoms with E-state index in [4.69, 9.17) is 4.99 Å². The molecule has 5 heteroatoms. The summed E-state index contributed by atoms with van der Waals surface area (Å²) < 4.78 is 2.24. The summed E-state index contributed by atoms with van der Waals surface area (Å²) in [7, 11) is 0. The van der Waals surface area contributed by atoms with Crippen LogP contribution in [0.25, 0.3) is 11.8 Å². The van der Waals surface area contributed by atoms with Gasteiger partial charge in [-0.15, -0.1) is 0 Å². The quantitative estimate of drug-likeness (QED) is 0.426. The molecule has 32 heavy (non-hydrogen) atoms. The van der Waals surface area contributed by atoms with E-state index in [-0.39, 0.29) is 11.9 Å². The second-order valence-electron chi connectivity index (χ2n) is 8.45. The Morgan fingerprint density at radius 1 is 0.969 bits per heavy atom. The molecule has 162 valence electrons. The smallest absolute Gasteiger partial charge is 0.267 e. The van der Waals surface area contributed by atoms with Crippen LogP contribution in [0.1, 0.15) is 42.6 Å². The Kier molecular flexibility index (Phi) is 5.75. The Hall–Kier alpha value is -3.05. The van der Waals surface area contributed by atoms with Crippen molar-refractivity contribution in [1.82, 2.24) is 9.47 Å². The van der Waals surface area contributed by atoms with Gasteiger partial charge >= 0.3 is 0 Å². The van der Waals surface area contributed by atoms with Crippen LogP contribution in [0.5, 0.6) is 0 Å². The fourth-order valence-electron chi connectivity index (χ4n) is 4.71. The SMILES string of the molecule is Cc1cc(/C=C2\SC(=Nc3ccccc3)N(C3CCCC3)C2=O)c(C)n1-c1ccccc1. The highest BCUT2D eigenvalue weighted by Gasteiger charge is 2.39. The van der Waals surface area contributed by atoms with Crippen LogP contribution in [0, 0.1) is 13.8 Å². The van der Waals surface area contributed by atoms with Crippen molar-refractivity contribution < 1.29 is 4.79 Å². The monoisotopic (exact) mass is 441 g/mol. The van der Waals surface area contributed by atoms with Crippen LogP contribution in [0.3, 0.4) is 0 Å². The van der Waals surface area contributed by atoms with Crippen LogP contribution in [0.4, 0.5) is 5.69 Å². The molecule has 0 radical (unpaired) electrons. The van der Waals surface area contributed by atoms with E-state index < -0.39 is 0 Å². The minimum Gasteiger partial charge on any atom is -0.318 e. The van der Waals surface area contributed by atoms with Crippen molar-refractivity contribution in [3.05, 3.63) is 88.6 Å². The van der Waals surface area contributed by atoms with Crippen LogP contribution in [0.2, 0.25) is 0 Å². The molecule has 0 bridgehead atoms. The Morgan fingerprint density at radius 2 is 1.62 bits per heavy atom. The number of thioether (sulfide) groups is 1. The van der Waals surface area contributed by atoms with Gasteiger partial charge in [-0.05, 0) is 80.4 Å². The molecule has 3 aromatic rings. The number of aromatic nitrogens is 1. The number of nitrogens with zero attached hydrogens (tertiary/aromatic N) is 3. The number of carbonyl (C=O) groups is 1. The lowest BCUT2D eigenvalue weighted by Crippen LogP contribution is -2.37. The van der Waals surface area contributed by atoms with Crippen LogP contribution in [0.15, 0.2) is 76.6 Å². The van der Waals surface area contributed by atoms with Crippen LogP contribution in [-0.2, 0) is 4.79 Å². The molecule has 0 atom stereocenters. The van der Waals surface area contributed by atoms with Gasteiger partial charge in [0, 0.05) is 23.1 Å². The first kappa shape index (κ1) is 20.8. The van der Waals surface area contributed by atoms with E-state index in [0.717, 1.165) is 51.2 Å². The van der Waals surface area contributed by atoms with Gasteiger partial charge in [0.15, 0.2) is 5.17 Å². The zero-order valence-electron chi connectivity index (χ0n) is 18.5. The molecule has 2 fully saturated rings. The van der Waals surface area contributed by atoms with Crippen molar-refractivity contribution in [2.45, 2.75) is 45.6 Å². The van der Waals surface area contributed by atoms with Crippen molar-refractivity contribution in [3.8, 4) is 5.69 Å². The molecular weight excluding hydrogens is 414 g/mol. The topological polar surface area (TPSA) is 37.6 Å². The van der Waals surface area contributed by atoms with Crippen LogP contribution in [-0.4, -0.2) is 26.6 Å². The number of aliphatic imine (C=N–C) groups is 1. The van der Waals surface area contributed by atoms with E-state index >= 15 is 0 Å². The summed E-state index contributed by atoms with van der Waals surface area (Å²) in [6.45, 7) is 4.23. The minimum atomic E-state index is 0.0843. The molecule has 0 unspecified atom stereocenters. The summed E-state index contributed by atoms with van der Waals surface area (Å²) in [6, 6.07) is 22.7. The summed E-state index contributed by atoms with van der Waals surface area (Å²) in [5, 5.41) is 0.802. The summed E-state index contributed by atoms with van der Waals surface area (Å²) in [4.78, 5) is 21.1. The number of carbonyl (C=O) groups excluding carboxylic acids is 1. The molecule has 1 saturated heterocycles. The number of rotatable bonds is 4. The molecule has 2 heterocycles. The lowest BCUT2D eigenvalue weighted by molar-refractivity contribution is -0.123. The van der Waals surface area contributed by atoms with E-state index in [1.807, 2.05) is 47.4 Å².